The maximum absolute atomic E-state index is 12.9. The minimum atomic E-state index is -0.0128. The zero-order valence-electron chi connectivity index (χ0n) is 15.9. The van der Waals surface area contributed by atoms with Crippen molar-refractivity contribution in [2.24, 2.45) is 0 Å². The predicted octanol–water partition coefficient (Wildman–Crippen LogP) is 3.66. The molecule has 0 unspecified atom stereocenters. The predicted molar refractivity (Wildman–Crippen MR) is 101 cm³/mol. The number of nitrogens with one attached hydrogen (secondary N) is 1. The molecule has 0 aliphatic carbocycles. The van der Waals surface area contributed by atoms with Crippen molar-refractivity contribution in [1.29, 1.82) is 0 Å². The lowest BCUT2D eigenvalue weighted by molar-refractivity contribution is 0.151. The quantitative estimate of drug-likeness (QED) is 0.889. The second-order valence-electron chi connectivity index (χ2n) is 6.71. The van der Waals surface area contributed by atoms with Crippen LogP contribution in [0.3, 0.4) is 0 Å². The number of nitrogens with zero attached hydrogens (tertiary/aromatic N) is 3. The van der Waals surface area contributed by atoms with Crippen LogP contribution in [0.2, 0.25) is 0 Å². The standard InChI is InChI=1S/C20H28N4O2/c1-4-24-15(2)17(14-22-24)13-21-20(25)23-11-6-5-10-19(23)16-8-7-9-18(12-16)26-3/h7-9,12,14,19H,4-6,10-11,13H2,1-3H3,(H,21,25)/t19-/m0/s1. The Hall–Kier alpha value is -2.50. The first-order valence-corrected chi connectivity index (χ1v) is 9.33. The van der Waals surface area contributed by atoms with Gasteiger partial charge < -0.3 is 15.0 Å². The van der Waals surface area contributed by atoms with E-state index in [1.165, 1.54) is 0 Å². The van der Waals surface area contributed by atoms with Gasteiger partial charge in [-0.25, -0.2) is 4.79 Å². The van der Waals surface area contributed by atoms with Crippen LogP contribution in [0.1, 0.15) is 49.0 Å². The average molecular weight is 356 g/mol. The van der Waals surface area contributed by atoms with Crippen LogP contribution in [0.25, 0.3) is 0 Å². The van der Waals surface area contributed by atoms with Gasteiger partial charge in [-0.05, 0) is 50.8 Å². The monoisotopic (exact) mass is 356 g/mol. The molecule has 1 atom stereocenters. The lowest BCUT2D eigenvalue weighted by Crippen LogP contribution is -2.44. The molecule has 2 amide bonds. The fourth-order valence-corrected chi connectivity index (χ4v) is 3.62. The molecule has 140 valence electrons. The lowest BCUT2D eigenvalue weighted by Gasteiger charge is -2.36. The fraction of sp³-hybridized carbons (Fsp3) is 0.500. The highest BCUT2D eigenvalue weighted by Crippen LogP contribution is 2.32. The molecule has 2 aromatic rings. The first-order valence-electron chi connectivity index (χ1n) is 9.33. The summed E-state index contributed by atoms with van der Waals surface area (Å²) >= 11 is 0. The van der Waals surface area contributed by atoms with Crippen molar-refractivity contribution < 1.29 is 9.53 Å². The van der Waals surface area contributed by atoms with Gasteiger partial charge in [-0.1, -0.05) is 12.1 Å². The van der Waals surface area contributed by atoms with Gasteiger partial charge in [-0.3, -0.25) is 4.68 Å². The van der Waals surface area contributed by atoms with Crippen molar-refractivity contribution >= 4 is 6.03 Å². The number of aromatic nitrogens is 2. The Kier molecular flexibility index (Phi) is 5.81. The van der Waals surface area contributed by atoms with E-state index in [0.29, 0.717) is 6.54 Å². The highest BCUT2D eigenvalue weighted by atomic mass is 16.5. The maximum atomic E-state index is 12.9. The summed E-state index contributed by atoms with van der Waals surface area (Å²) in [4.78, 5) is 14.8. The Labute approximate surface area is 155 Å². The van der Waals surface area contributed by atoms with E-state index in [-0.39, 0.29) is 12.1 Å². The molecule has 0 radical (unpaired) electrons. The molecule has 0 spiro atoms. The van der Waals surface area contributed by atoms with E-state index in [9.17, 15) is 4.79 Å². The van der Waals surface area contributed by atoms with Crippen molar-refractivity contribution in [2.45, 2.75) is 52.2 Å². The summed E-state index contributed by atoms with van der Waals surface area (Å²) in [5.41, 5.74) is 3.31. The Morgan fingerprint density at radius 2 is 2.23 bits per heavy atom. The highest BCUT2D eigenvalue weighted by molar-refractivity contribution is 5.75. The number of urea groups is 1. The number of piperidine rings is 1. The molecule has 1 aromatic carbocycles. The second kappa shape index (κ2) is 8.25. The molecule has 1 aliphatic heterocycles. The molecule has 2 heterocycles. The molecule has 26 heavy (non-hydrogen) atoms. The summed E-state index contributed by atoms with van der Waals surface area (Å²) in [6.07, 6.45) is 5.00. The minimum Gasteiger partial charge on any atom is -0.497 e. The molecule has 1 saturated heterocycles. The molecule has 6 nitrogen and oxygen atoms in total. The van der Waals surface area contributed by atoms with Gasteiger partial charge in [-0.2, -0.15) is 5.10 Å². The van der Waals surface area contributed by atoms with Crippen LogP contribution >= 0.6 is 0 Å². The number of methoxy groups -OCH3 is 1. The Balaban J connectivity index is 1.70. The average Bonchev–Trinajstić information content (AvgIpc) is 3.05. The third-order valence-electron chi connectivity index (χ3n) is 5.18. The highest BCUT2D eigenvalue weighted by Gasteiger charge is 2.28. The Morgan fingerprint density at radius 1 is 1.38 bits per heavy atom. The largest absolute Gasteiger partial charge is 0.497 e. The normalized spacial score (nSPS) is 17.2. The number of benzene rings is 1. The van der Waals surface area contributed by atoms with E-state index in [0.717, 1.165) is 54.9 Å². The molecular weight excluding hydrogens is 328 g/mol. The summed E-state index contributed by atoms with van der Waals surface area (Å²) in [5.74, 6) is 0.830. The van der Waals surface area contributed by atoms with E-state index >= 15 is 0 Å². The summed E-state index contributed by atoms with van der Waals surface area (Å²) in [7, 11) is 1.67. The number of carbonyl (C=O) groups is 1. The maximum Gasteiger partial charge on any atom is 0.318 e. The van der Waals surface area contributed by atoms with Crippen molar-refractivity contribution in [1.82, 2.24) is 20.0 Å². The zero-order chi connectivity index (χ0) is 18.5. The van der Waals surface area contributed by atoms with E-state index < -0.39 is 0 Å². The third kappa shape index (κ3) is 3.84. The van der Waals surface area contributed by atoms with E-state index in [1.807, 2.05) is 40.9 Å². The summed E-state index contributed by atoms with van der Waals surface area (Å²) in [6.45, 7) is 6.23. The van der Waals surface area contributed by atoms with Crippen LogP contribution in [0.5, 0.6) is 5.75 Å². The number of aryl methyl sites for hydroxylation is 1. The number of carbonyl (C=O) groups excluding carboxylic acids is 1. The first-order chi connectivity index (χ1) is 12.6. The number of hydrogen-bond donors (Lipinski definition) is 1. The van der Waals surface area contributed by atoms with Crippen molar-refractivity contribution in [2.75, 3.05) is 13.7 Å². The molecule has 6 heteroatoms. The molecular formula is C20H28N4O2. The SMILES string of the molecule is CCn1ncc(CNC(=O)N2CCCC[C@H]2c2cccc(OC)c2)c1C. The molecule has 1 N–H and O–H groups in total. The molecule has 0 saturated carbocycles. The van der Waals surface area contributed by atoms with Gasteiger partial charge in [0.1, 0.15) is 5.75 Å². The third-order valence-corrected chi connectivity index (χ3v) is 5.18. The van der Waals surface area contributed by atoms with Crippen LogP contribution in [-0.2, 0) is 13.1 Å². The number of ether oxygens (including phenoxy) is 1. The first kappa shape index (κ1) is 18.3. The summed E-state index contributed by atoms with van der Waals surface area (Å²) in [6, 6.07) is 8.12. The second-order valence-corrected chi connectivity index (χ2v) is 6.71. The fourth-order valence-electron chi connectivity index (χ4n) is 3.62. The molecule has 3 rings (SSSR count). The van der Waals surface area contributed by atoms with Crippen molar-refractivity contribution in [3.63, 3.8) is 0 Å². The Bertz CT molecular complexity index is 756. The van der Waals surface area contributed by atoms with Gasteiger partial charge in [0, 0.05) is 30.9 Å². The number of rotatable bonds is 5. The minimum absolute atomic E-state index is 0.0128. The van der Waals surface area contributed by atoms with E-state index in [2.05, 4.69) is 23.4 Å². The molecule has 0 bridgehead atoms. The number of likely N-dealkylation sites (tertiary alicyclic amines) is 1. The van der Waals surface area contributed by atoms with Crippen molar-refractivity contribution in [3.8, 4) is 5.75 Å². The number of hydrogen-bond acceptors (Lipinski definition) is 3. The topological polar surface area (TPSA) is 59.4 Å². The van der Waals surface area contributed by atoms with Gasteiger partial charge in [-0.15, -0.1) is 0 Å². The van der Waals surface area contributed by atoms with Crippen LogP contribution in [0.15, 0.2) is 30.5 Å². The smallest absolute Gasteiger partial charge is 0.318 e. The van der Waals surface area contributed by atoms with Crippen molar-refractivity contribution in [3.05, 3.63) is 47.3 Å². The van der Waals surface area contributed by atoms with Crippen LogP contribution < -0.4 is 10.1 Å². The summed E-state index contributed by atoms with van der Waals surface area (Å²) < 4.78 is 7.29. The number of amides is 2. The van der Waals surface area contributed by atoms with Crippen LogP contribution in [-0.4, -0.2) is 34.4 Å². The van der Waals surface area contributed by atoms with Gasteiger partial charge in [0.25, 0.3) is 0 Å². The zero-order valence-corrected chi connectivity index (χ0v) is 15.9. The van der Waals surface area contributed by atoms with E-state index in [1.54, 1.807) is 7.11 Å². The molecule has 1 aliphatic rings. The lowest BCUT2D eigenvalue weighted by atomic mass is 9.95. The molecule has 1 fully saturated rings. The summed E-state index contributed by atoms with van der Waals surface area (Å²) in [5, 5.41) is 7.42. The van der Waals surface area contributed by atoms with Gasteiger partial charge in [0.2, 0.25) is 0 Å². The van der Waals surface area contributed by atoms with E-state index in [4.69, 9.17) is 4.74 Å². The Morgan fingerprint density at radius 3 is 2.96 bits per heavy atom. The van der Waals surface area contributed by atoms with Gasteiger partial charge >= 0.3 is 6.03 Å². The van der Waals surface area contributed by atoms with Gasteiger partial charge in [0.05, 0.1) is 19.3 Å². The molecule has 1 aromatic heterocycles. The van der Waals surface area contributed by atoms with Crippen LogP contribution in [0, 0.1) is 6.92 Å². The van der Waals surface area contributed by atoms with Crippen LogP contribution in [0.4, 0.5) is 4.79 Å². The van der Waals surface area contributed by atoms with Gasteiger partial charge in [0.15, 0.2) is 0 Å².